The Morgan fingerprint density at radius 1 is 1.03 bits per heavy atom. The molecule has 0 aromatic carbocycles. The van der Waals surface area contributed by atoms with E-state index in [1.807, 2.05) is 0 Å². The largest absolute Gasteiger partial charge is 0.468 e. The summed E-state index contributed by atoms with van der Waals surface area (Å²) in [6.45, 7) is 5.10. The number of alkyl halides is 7. The van der Waals surface area contributed by atoms with Crippen molar-refractivity contribution < 1.29 is 67.5 Å². The van der Waals surface area contributed by atoms with Crippen LogP contribution in [0.1, 0.15) is 40.0 Å². The molecule has 0 aliphatic rings. The van der Waals surface area contributed by atoms with E-state index in [1.54, 1.807) is 0 Å². The van der Waals surface area contributed by atoms with Gasteiger partial charge in [-0.15, -0.1) is 0 Å². The van der Waals surface area contributed by atoms with Gasteiger partial charge in [0.05, 0.1) is 12.7 Å². The van der Waals surface area contributed by atoms with Crippen LogP contribution in [0.5, 0.6) is 0 Å². The summed E-state index contributed by atoms with van der Waals surface area (Å²) in [5, 5.41) is -5.85. The molecule has 0 radical (unpaired) electrons. The molecule has 1 unspecified atom stereocenters. The van der Waals surface area contributed by atoms with Crippen molar-refractivity contribution in [3.05, 3.63) is 12.2 Å². The fourth-order valence-corrected chi connectivity index (χ4v) is 2.37. The van der Waals surface area contributed by atoms with Gasteiger partial charge >= 0.3 is 45.2 Å². The normalized spacial score (nSPS) is 15.2. The number of unbranched alkanes of at least 4 members (excludes halogenated alkanes) is 1. The summed E-state index contributed by atoms with van der Waals surface area (Å²) < 4.78 is 136. The molecule has 0 heterocycles. The predicted octanol–water partition coefficient (Wildman–Crippen LogP) is 3.62. The Kier molecular flexibility index (Phi) is 9.71. The third-order valence-electron chi connectivity index (χ3n) is 3.51. The maximum atomic E-state index is 13.6. The van der Waals surface area contributed by atoms with Crippen LogP contribution in [0.4, 0.5) is 30.7 Å². The van der Waals surface area contributed by atoms with E-state index < -0.39 is 82.7 Å². The van der Waals surface area contributed by atoms with Gasteiger partial charge in [0.1, 0.15) is 0 Å². The first kappa shape index (κ1) is 30.1. The van der Waals surface area contributed by atoms with Crippen LogP contribution < -0.4 is 0 Å². The first-order chi connectivity index (χ1) is 14.1. The average Bonchev–Trinajstić information content (AvgIpc) is 2.56. The van der Waals surface area contributed by atoms with Gasteiger partial charge < -0.3 is 14.2 Å². The molecule has 0 bridgehead atoms. The van der Waals surface area contributed by atoms with Crippen molar-refractivity contribution in [3.8, 4) is 0 Å². The van der Waals surface area contributed by atoms with Crippen molar-refractivity contribution in [1.29, 1.82) is 0 Å². The van der Waals surface area contributed by atoms with Crippen LogP contribution in [0.25, 0.3) is 0 Å². The van der Waals surface area contributed by atoms with E-state index in [9.17, 15) is 48.7 Å². The van der Waals surface area contributed by atoms with E-state index in [0.29, 0.717) is 0 Å². The number of halogens is 7. The van der Waals surface area contributed by atoms with Crippen LogP contribution in [0.15, 0.2) is 12.2 Å². The maximum Gasteiger partial charge on any atom is 0.468 e. The van der Waals surface area contributed by atoms with Gasteiger partial charge in [-0.25, -0.2) is 9.59 Å². The van der Waals surface area contributed by atoms with Gasteiger partial charge in [-0.05, 0) is 33.6 Å². The molecule has 188 valence electrons. The molecule has 32 heavy (non-hydrogen) atoms. The molecule has 0 aromatic heterocycles. The van der Waals surface area contributed by atoms with Gasteiger partial charge in [0, 0.05) is 12.0 Å². The van der Waals surface area contributed by atoms with Crippen LogP contribution in [0.3, 0.4) is 0 Å². The lowest BCUT2D eigenvalue weighted by atomic mass is 10.1. The molecule has 0 aliphatic carbocycles. The molecule has 0 saturated heterocycles. The third-order valence-corrected chi connectivity index (χ3v) is 4.46. The van der Waals surface area contributed by atoms with Crippen LogP contribution in [-0.4, -0.2) is 60.8 Å². The van der Waals surface area contributed by atoms with Gasteiger partial charge in [0.15, 0.2) is 0 Å². The minimum atomic E-state index is -6.48. The van der Waals surface area contributed by atoms with Gasteiger partial charge in [-0.1, -0.05) is 6.58 Å². The van der Waals surface area contributed by atoms with Crippen molar-refractivity contribution in [1.82, 2.24) is 0 Å². The fourth-order valence-electron chi connectivity index (χ4n) is 1.89. The number of rotatable bonds is 12. The summed E-state index contributed by atoms with van der Waals surface area (Å²) in [5.41, 5.74) is -0.563. The van der Waals surface area contributed by atoms with E-state index >= 15 is 0 Å². The lowest BCUT2D eigenvalue weighted by Gasteiger charge is -2.33. The summed E-state index contributed by atoms with van der Waals surface area (Å²) in [4.78, 5) is 23.7. The molecule has 0 spiro atoms. The summed E-state index contributed by atoms with van der Waals surface area (Å²) in [6, 6.07) is 0. The van der Waals surface area contributed by atoms with Gasteiger partial charge in [0.2, 0.25) is 0 Å². The van der Waals surface area contributed by atoms with Crippen molar-refractivity contribution >= 4 is 22.1 Å². The third kappa shape index (κ3) is 7.03. The molecule has 16 heteroatoms. The highest BCUT2D eigenvalue weighted by Crippen LogP contribution is 2.42. The van der Waals surface area contributed by atoms with Gasteiger partial charge in [-0.2, -0.15) is 39.2 Å². The SMILES string of the molecule is C=C(C)C(=O)OC(OCCCCC(F)(F)C(F)(F)S(=O)(=O)O)(C(=O)OC(C)C)C(F)(F)F. The lowest BCUT2D eigenvalue weighted by molar-refractivity contribution is -0.355. The zero-order valence-electron chi connectivity index (χ0n) is 17.0. The Morgan fingerprint density at radius 2 is 1.53 bits per heavy atom. The Morgan fingerprint density at radius 3 is 1.91 bits per heavy atom. The standard InChI is InChI=1S/C16H21F7O8S/c1-9(2)11(24)31-14(15(19,20)21,12(25)30-10(3)4)29-8-6-5-7-13(17,18)16(22,23)32(26,27)28/h10H,1,5-8H2,2-4H3,(H,26,27,28). The van der Waals surface area contributed by atoms with Gasteiger partial charge in [0.25, 0.3) is 0 Å². The number of carbonyl (C=O) groups is 2. The molecular weight excluding hydrogens is 485 g/mol. The molecule has 1 N–H and O–H groups in total. The molecule has 0 saturated carbocycles. The Hall–Kier alpha value is -1.94. The molecule has 0 amide bonds. The van der Waals surface area contributed by atoms with Crippen molar-refractivity contribution in [2.24, 2.45) is 0 Å². The molecule has 8 nitrogen and oxygen atoms in total. The second kappa shape index (κ2) is 10.3. The first-order valence-corrected chi connectivity index (χ1v) is 10.1. The summed E-state index contributed by atoms with van der Waals surface area (Å²) in [7, 11) is -6.48. The number of carbonyl (C=O) groups excluding carboxylic acids is 2. The zero-order valence-corrected chi connectivity index (χ0v) is 17.8. The highest BCUT2D eigenvalue weighted by molar-refractivity contribution is 7.87. The second-order valence-electron chi connectivity index (χ2n) is 6.74. The highest BCUT2D eigenvalue weighted by Gasteiger charge is 2.68. The topological polar surface area (TPSA) is 116 Å². The van der Waals surface area contributed by atoms with E-state index in [1.165, 1.54) is 0 Å². The number of ether oxygens (including phenoxy) is 3. The number of hydrogen-bond acceptors (Lipinski definition) is 7. The summed E-state index contributed by atoms with van der Waals surface area (Å²) in [6.07, 6.45) is -10.6. The van der Waals surface area contributed by atoms with E-state index in [2.05, 4.69) is 20.8 Å². The Balaban J connectivity index is 5.54. The predicted molar refractivity (Wildman–Crippen MR) is 92.2 cm³/mol. The Bertz CT molecular complexity index is 808. The molecule has 1 atom stereocenters. The van der Waals surface area contributed by atoms with Crippen molar-refractivity contribution in [2.75, 3.05) is 6.61 Å². The zero-order chi connectivity index (χ0) is 25.8. The molecule has 0 fully saturated rings. The number of hydrogen-bond donors (Lipinski definition) is 1. The van der Waals surface area contributed by atoms with Crippen molar-refractivity contribution in [3.63, 3.8) is 0 Å². The van der Waals surface area contributed by atoms with Crippen molar-refractivity contribution in [2.45, 2.75) is 69.3 Å². The van der Waals surface area contributed by atoms with Gasteiger partial charge in [-0.3, -0.25) is 4.55 Å². The molecular formula is C16H21F7O8S. The monoisotopic (exact) mass is 506 g/mol. The summed E-state index contributed by atoms with van der Waals surface area (Å²) in [5.74, 6) is -13.5. The minimum Gasteiger partial charge on any atom is -0.458 e. The van der Waals surface area contributed by atoms with E-state index in [0.717, 1.165) is 20.8 Å². The lowest BCUT2D eigenvalue weighted by Crippen LogP contribution is -2.58. The summed E-state index contributed by atoms with van der Waals surface area (Å²) >= 11 is 0. The first-order valence-electron chi connectivity index (χ1n) is 8.65. The second-order valence-corrected chi connectivity index (χ2v) is 8.20. The van der Waals surface area contributed by atoms with Crippen LogP contribution in [0.2, 0.25) is 0 Å². The quantitative estimate of drug-likeness (QED) is 0.107. The van der Waals surface area contributed by atoms with Crippen LogP contribution in [0, 0.1) is 0 Å². The number of esters is 2. The smallest absolute Gasteiger partial charge is 0.458 e. The molecule has 0 rings (SSSR count). The fraction of sp³-hybridized carbons (Fsp3) is 0.750. The maximum absolute atomic E-state index is 13.6. The van der Waals surface area contributed by atoms with E-state index in [4.69, 9.17) is 4.55 Å². The van der Waals surface area contributed by atoms with Crippen LogP contribution in [-0.2, 0) is 33.9 Å². The molecule has 0 aromatic rings. The van der Waals surface area contributed by atoms with E-state index in [-0.39, 0.29) is 0 Å². The highest BCUT2D eigenvalue weighted by atomic mass is 32.2. The van der Waals surface area contributed by atoms with Crippen LogP contribution >= 0.6 is 0 Å². The average molecular weight is 506 g/mol. The minimum absolute atomic E-state index is 0.563. The Labute approximate surface area is 178 Å². The molecule has 0 aliphatic heterocycles.